The van der Waals surface area contributed by atoms with E-state index >= 15 is 0 Å². The Morgan fingerprint density at radius 2 is 1.65 bits per heavy atom. The van der Waals surface area contributed by atoms with E-state index in [1.807, 2.05) is 6.07 Å². The van der Waals surface area contributed by atoms with Gasteiger partial charge in [-0.05, 0) is 24.6 Å². The van der Waals surface area contributed by atoms with E-state index < -0.39 is 10.8 Å². The SMILES string of the molecule is CCCCCCCCCCS(=O)c1ccc(N)c(Cl)c1. The van der Waals surface area contributed by atoms with E-state index in [0.717, 1.165) is 17.1 Å². The van der Waals surface area contributed by atoms with Gasteiger partial charge in [-0.15, -0.1) is 0 Å². The molecule has 0 spiro atoms. The van der Waals surface area contributed by atoms with Gasteiger partial charge < -0.3 is 5.73 Å². The van der Waals surface area contributed by atoms with Gasteiger partial charge in [0.25, 0.3) is 0 Å². The van der Waals surface area contributed by atoms with Gasteiger partial charge in [-0.2, -0.15) is 0 Å². The number of rotatable bonds is 10. The van der Waals surface area contributed by atoms with Crippen LogP contribution in [-0.4, -0.2) is 9.96 Å². The molecule has 2 nitrogen and oxygen atoms in total. The predicted octanol–water partition coefficient (Wildman–Crippen LogP) is 5.17. The normalized spacial score (nSPS) is 12.5. The van der Waals surface area contributed by atoms with Gasteiger partial charge in [-0.25, -0.2) is 0 Å². The van der Waals surface area contributed by atoms with Gasteiger partial charge in [0.2, 0.25) is 0 Å². The maximum Gasteiger partial charge on any atom is 0.0647 e. The average Bonchev–Trinajstić information content (AvgIpc) is 2.44. The van der Waals surface area contributed by atoms with Crippen molar-refractivity contribution in [1.29, 1.82) is 0 Å². The summed E-state index contributed by atoms with van der Waals surface area (Å²) in [5.41, 5.74) is 6.19. The summed E-state index contributed by atoms with van der Waals surface area (Å²) < 4.78 is 12.1. The van der Waals surface area contributed by atoms with Crippen LogP contribution in [-0.2, 0) is 10.8 Å². The second-order valence-electron chi connectivity index (χ2n) is 5.21. The predicted molar refractivity (Wildman–Crippen MR) is 89.7 cm³/mol. The number of benzene rings is 1. The second-order valence-corrected chi connectivity index (χ2v) is 7.19. The third-order valence-electron chi connectivity index (χ3n) is 3.42. The minimum Gasteiger partial charge on any atom is -0.398 e. The molecule has 1 aromatic carbocycles. The molecule has 20 heavy (non-hydrogen) atoms. The molecule has 0 heterocycles. The maximum absolute atomic E-state index is 12.1. The minimum absolute atomic E-state index is 0.492. The maximum atomic E-state index is 12.1. The first kappa shape index (κ1) is 17.5. The molecule has 0 fully saturated rings. The Morgan fingerprint density at radius 1 is 1.05 bits per heavy atom. The fraction of sp³-hybridized carbons (Fsp3) is 0.625. The Morgan fingerprint density at radius 3 is 2.25 bits per heavy atom. The Kier molecular flexibility index (Phi) is 8.95. The quantitative estimate of drug-likeness (QED) is 0.478. The molecule has 114 valence electrons. The van der Waals surface area contributed by atoms with E-state index in [4.69, 9.17) is 17.3 Å². The van der Waals surface area contributed by atoms with Crippen LogP contribution in [0.25, 0.3) is 0 Å². The van der Waals surface area contributed by atoms with E-state index in [2.05, 4.69) is 6.92 Å². The van der Waals surface area contributed by atoms with Crippen molar-refractivity contribution >= 4 is 28.1 Å². The molecule has 0 saturated heterocycles. The highest BCUT2D eigenvalue weighted by Gasteiger charge is 2.06. The van der Waals surface area contributed by atoms with Crippen molar-refractivity contribution in [2.75, 3.05) is 11.5 Å². The van der Waals surface area contributed by atoms with Gasteiger partial charge in [-0.3, -0.25) is 4.21 Å². The van der Waals surface area contributed by atoms with Crippen LogP contribution in [0.5, 0.6) is 0 Å². The number of unbranched alkanes of at least 4 members (excludes halogenated alkanes) is 7. The van der Waals surface area contributed by atoms with E-state index in [0.29, 0.717) is 10.7 Å². The molecule has 1 atom stereocenters. The van der Waals surface area contributed by atoms with Crippen molar-refractivity contribution < 1.29 is 4.21 Å². The van der Waals surface area contributed by atoms with Crippen LogP contribution in [0.4, 0.5) is 5.69 Å². The van der Waals surface area contributed by atoms with Gasteiger partial charge in [0.15, 0.2) is 0 Å². The topological polar surface area (TPSA) is 43.1 Å². The van der Waals surface area contributed by atoms with Gasteiger partial charge in [0.05, 0.1) is 21.5 Å². The van der Waals surface area contributed by atoms with Gasteiger partial charge in [-0.1, -0.05) is 63.5 Å². The first-order chi connectivity index (χ1) is 9.65. The first-order valence-corrected chi connectivity index (χ1v) is 9.28. The smallest absolute Gasteiger partial charge is 0.0647 e. The highest BCUT2D eigenvalue weighted by Crippen LogP contribution is 2.22. The first-order valence-electron chi connectivity index (χ1n) is 7.58. The molecule has 0 saturated carbocycles. The average molecular weight is 316 g/mol. The molecule has 4 heteroatoms. The number of anilines is 1. The summed E-state index contributed by atoms with van der Waals surface area (Å²) in [7, 11) is -0.952. The highest BCUT2D eigenvalue weighted by molar-refractivity contribution is 7.85. The van der Waals surface area contributed by atoms with Crippen LogP contribution in [0.1, 0.15) is 58.3 Å². The summed E-state index contributed by atoms with van der Waals surface area (Å²) in [5.74, 6) is 0.717. The summed E-state index contributed by atoms with van der Waals surface area (Å²) >= 11 is 5.94. The largest absolute Gasteiger partial charge is 0.398 e. The molecule has 1 unspecified atom stereocenters. The Bertz CT molecular complexity index is 423. The number of halogens is 1. The lowest BCUT2D eigenvalue weighted by Crippen LogP contribution is -1.99. The van der Waals surface area contributed by atoms with Crippen LogP contribution in [0, 0.1) is 0 Å². The molecule has 0 aliphatic heterocycles. The second kappa shape index (κ2) is 10.2. The van der Waals surface area contributed by atoms with E-state index in [9.17, 15) is 4.21 Å². The third kappa shape index (κ3) is 6.76. The van der Waals surface area contributed by atoms with E-state index in [1.165, 1.54) is 44.9 Å². The van der Waals surface area contributed by atoms with Crippen molar-refractivity contribution in [3.63, 3.8) is 0 Å². The highest BCUT2D eigenvalue weighted by atomic mass is 35.5. The molecule has 1 rings (SSSR count). The number of hydrogen-bond donors (Lipinski definition) is 1. The molecular weight excluding hydrogens is 290 g/mol. The molecule has 1 aromatic rings. The number of hydrogen-bond acceptors (Lipinski definition) is 2. The summed E-state index contributed by atoms with van der Waals surface area (Å²) in [4.78, 5) is 0.784. The van der Waals surface area contributed by atoms with Crippen molar-refractivity contribution in [3.05, 3.63) is 23.2 Å². The third-order valence-corrected chi connectivity index (χ3v) is 5.18. The summed E-state index contributed by atoms with van der Waals surface area (Å²) in [6.45, 7) is 2.23. The molecule has 0 radical (unpaired) electrons. The van der Waals surface area contributed by atoms with Gasteiger partial charge >= 0.3 is 0 Å². The lowest BCUT2D eigenvalue weighted by molar-refractivity contribution is 0.584. The van der Waals surface area contributed by atoms with Crippen molar-refractivity contribution in [2.24, 2.45) is 0 Å². The standard InChI is InChI=1S/C16H26ClNOS/c1-2-3-4-5-6-7-8-9-12-20(19)14-10-11-16(18)15(17)13-14/h10-11,13H,2-9,12,18H2,1H3. The summed E-state index contributed by atoms with van der Waals surface area (Å²) in [6.07, 6.45) is 10.1. The van der Waals surface area contributed by atoms with Crippen LogP contribution in [0.3, 0.4) is 0 Å². The molecule has 0 aliphatic carbocycles. The van der Waals surface area contributed by atoms with E-state index in [1.54, 1.807) is 12.1 Å². The lowest BCUT2D eigenvalue weighted by Gasteiger charge is -2.05. The molecule has 0 aromatic heterocycles. The zero-order valence-electron chi connectivity index (χ0n) is 12.4. The van der Waals surface area contributed by atoms with Crippen LogP contribution >= 0.6 is 11.6 Å². The zero-order chi connectivity index (χ0) is 14.8. The summed E-state index contributed by atoms with van der Waals surface area (Å²) in [5, 5.41) is 0.492. The molecule has 2 N–H and O–H groups in total. The van der Waals surface area contributed by atoms with E-state index in [-0.39, 0.29) is 0 Å². The summed E-state index contributed by atoms with van der Waals surface area (Å²) in [6, 6.07) is 5.25. The number of nitrogens with two attached hydrogens (primary N) is 1. The molecule has 0 amide bonds. The van der Waals surface area contributed by atoms with Gasteiger partial charge in [0, 0.05) is 10.6 Å². The monoisotopic (exact) mass is 315 g/mol. The van der Waals surface area contributed by atoms with Crippen molar-refractivity contribution in [2.45, 2.75) is 63.2 Å². The van der Waals surface area contributed by atoms with Crippen LogP contribution < -0.4 is 5.73 Å². The molecule has 0 aliphatic rings. The fourth-order valence-electron chi connectivity index (χ4n) is 2.13. The number of nitrogen functional groups attached to an aromatic ring is 1. The van der Waals surface area contributed by atoms with Crippen LogP contribution in [0.15, 0.2) is 23.1 Å². The van der Waals surface area contributed by atoms with Gasteiger partial charge in [0.1, 0.15) is 0 Å². The van der Waals surface area contributed by atoms with Crippen LogP contribution in [0.2, 0.25) is 5.02 Å². The van der Waals surface area contributed by atoms with Crippen molar-refractivity contribution in [1.82, 2.24) is 0 Å². The fourth-order valence-corrected chi connectivity index (χ4v) is 3.55. The Balaban J connectivity index is 2.15. The van der Waals surface area contributed by atoms with Crippen molar-refractivity contribution in [3.8, 4) is 0 Å². The lowest BCUT2D eigenvalue weighted by atomic mass is 10.1. The molecule has 0 bridgehead atoms. The zero-order valence-corrected chi connectivity index (χ0v) is 13.9. The Labute approximate surface area is 130 Å². The molecular formula is C16H26ClNOS. The minimum atomic E-state index is -0.952. The Hall–Kier alpha value is -0.540.